The van der Waals surface area contributed by atoms with Crippen LogP contribution in [0.15, 0.2) is 54.7 Å². The van der Waals surface area contributed by atoms with Crippen LogP contribution < -0.4 is 9.64 Å². The first-order valence-corrected chi connectivity index (χ1v) is 8.83. The Hall–Kier alpha value is -2.62. The fourth-order valence-electron chi connectivity index (χ4n) is 4.12. The minimum absolute atomic E-state index is 0.0169. The van der Waals surface area contributed by atoms with Crippen molar-refractivity contribution in [2.45, 2.75) is 31.1 Å². The smallest absolute Gasteiger partial charge is 0.276 e. The lowest BCUT2D eigenvalue weighted by Crippen LogP contribution is -2.43. The third-order valence-corrected chi connectivity index (χ3v) is 5.37. The maximum Gasteiger partial charge on any atom is 0.276 e. The number of anilines is 1. The minimum atomic E-state index is -0.0685. The van der Waals surface area contributed by atoms with Gasteiger partial charge in [0.15, 0.2) is 0 Å². The lowest BCUT2D eigenvalue weighted by molar-refractivity contribution is 0.0976. The molecule has 0 saturated heterocycles. The van der Waals surface area contributed by atoms with Gasteiger partial charge < -0.3 is 9.64 Å². The van der Waals surface area contributed by atoms with Crippen molar-refractivity contribution in [2.24, 2.45) is 0 Å². The van der Waals surface area contributed by atoms with E-state index in [0.29, 0.717) is 12.2 Å². The average Bonchev–Trinajstić information content (AvgIpc) is 2.69. The molecule has 0 bridgehead atoms. The monoisotopic (exact) mass is 334 g/mol. The van der Waals surface area contributed by atoms with Gasteiger partial charge in [0.2, 0.25) is 0 Å². The predicted molar refractivity (Wildman–Crippen MR) is 98.2 cm³/mol. The number of carbonyl (C=O) groups is 1. The fraction of sp³-hybridized carbons (Fsp3) is 0.333. The maximum atomic E-state index is 13.1. The second kappa shape index (κ2) is 6.36. The Morgan fingerprint density at radius 1 is 1.20 bits per heavy atom. The Bertz CT molecular complexity index is 816. The van der Waals surface area contributed by atoms with Gasteiger partial charge in [-0.05, 0) is 49.4 Å². The second-order valence-corrected chi connectivity index (χ2v) is 6.73. The standard InChI is InChI=1S/C21H22N2O2/c1-25-18-10-7-8-16-19(18)23(20(24)17-9-3-6-14-22-17)15-13-21(16)11-4-2-5-12-21/h3-4,6-11,14H,2,5,12-13,15H2,1H3. The quantitative estimate of drug-likeness (QED) is 0.776. The van der Waals surface area contributed by atoms with Crippen LogP contribution in [0.4, 0.5) is 5.69 Å². The van der Waals surface area contributed by atoms with Gasteiger partial charge in [-0.15, -0.1) is 0 Å². The molecule has 4 heteroatoms. The van der Waals surface area contributed by atoms with E-state index < -0.39 is 0 Å². The van der Waals surface area contributed by atoms with Gasteiger partial charge in [-0.1, -0.05) is 30.4 Å². The Morgan fingerprint density at radius 2 is 2.12 bits per heavy atom. The van der Waals surface area contributed by atoms with E-state index in [1.54, 1.807) is 19.4 Å². The number of aromatic nitrogens is 1. The van der Waals surface area contributed by atoms with Gasteiger partial charge in [0.25, 0.3) is 5.91 Å². The van der Waals surface area contributed by atoms with E-state index in [0.717, 1.165) is 30.7 Å². The third-order valence-electron chi connectivity index (χ3n) is 5.37. The molecule has 1 aromatic heterocycles. The van der Waals surface area contributed by atoms with Gasteiger partial charge in [-0.25, -0.2) is 0 Å². The van der Waals surface area contributed by atoms with Gasteiger partial charge in [-0.2, -0.15) is 0 Å². The summed E-state index contributed by atoms with van der Waals surface area (Å²) >= 11 is 0. The summed E-state index contributed by atoms with van der Waals surface area (Å²) in [5.74, 6) is 0.681. The molecule has 1 unspecified atom stereocenters. The number of carbonyl (C=O) groups excluding carboxylic acids is 1. The Morgan fingerprint density at radius 3 is 2.84 bits per heavy atom. The van der Waals surface area contributed by atoms with Crippen LogP contribution in [0.2, 0.25) is 0 Å². The summed E-state index contributed by atoms with van der Waals surface area (Å²) in [5, 5.41) is 0. The van der Waals surface area contributed by atoms with E-state index in [1.807, 2.05) is 29.2 Å². The average molecular weight is 334 g/mol. The van der Waals surface area contributed by atoms with Crippen LogP contribution in [0.1, 0.15) is 41.7 Å². The molecule has 25 heavy (non-hydrogen) atoms. The summed E-state index contributed by atoms with van der Waals surface area (Å²) in [4.78, 5) is 19.2. The highest BCUT2D eigenvalue weighted by Gasteiger charge is 2.41. The number of allylic oxidation sites excluding steroid dienone is 2. The molecule has 4 rings (SSSR count). The lowest BCUT2D eigenvalue weighted by Gasteiger charge is -2.43. The normalized spacial score (nSPS) is 21.9. The molecule has 1 spiro atoms. The van der Waals surface area contributed by atoms with Crippen LogP contribution >= 0.6 is 0 Å². The minimum Gasteiger partial charge on any atom is -0.495 e. The summed E-state index contributed by atoms with van der Waals surface area (Å²) < 4.78 is 5.62. The number of para-hydroxylation sites is 1. The van der Waals surface area contributed by atoms with Crippen molar-refractivity contribution in [2.75, 3.05) is 18.6 Å². The van der Waals surface area contributed by atoms with E-state index in [2.05, 4.69) is 23.2 Å². The van der Waals surface area contributed by atoms with Gasteiger partial charge in [0.05, 0.1) is 12.8 Å². The third kappa shape index (κ3) is 2.62. The predicted octanol–water partition coefficient (Wildman–Crippen LogP) is 4.12. The highest BCUT2D eigenvalue weighted by molar-refractivity contribution is 6.06. The molecule has 0 radical (unpaired) electrons. The molecule has 0 fully saturated rings. The number of ether oxygens (including phenoxy) is 1. The Labute approximate surface area is 148 Å². The zero-order chi connectivity index (χ0) is 17.3. The molecule has 128 valence electrons. The fourth-order valence-corrected chi connectivity index (χ4v) is 4.12. The number of benzene rings is 1. The first-order valence-electron chi connectivity index (χ1n) is 8.83. The van der Waals surface area contributed by atoms with Crippen molar-refractivity contribution < 1.29 is 9.53 Å². The van der Waals surface area contributed by atoms with Gasteiger partial charge >= 0.3 is 0 Å². The summed E-state index contributed by atoms with van der Waals surface area (Å²) in [5.41, 5.74) is 2.58. The van der Waals surface area contributed by atoms with Crippen molar-refractivity contribution in [3.8, 4) is 5.75 Å². The van der Waals surface area contributed by atoms with Crippen molar-refractivity contribution in [1.82, 2.24) is 4.98 Å². The summed E-state index contributed by atoms with van der Waals surface area (Å²) in [7, 11) is 1.66. The van der Waals surface area contributed by atoms with Gasteiger partial charge in [0.1, 0.15) is 11.4 Å². The van der Waals surface area contributed by atoms with Crippen molar-refractivity contribution in [3.05, 3.63) is 66.0 Å². The molecule has 1 atom stereocenters. The van der Waals surface area contributed by atoms with Gasteiger partial charge in [0, 0.05) is 18.2 Å². The maximum absolute atomic E-state index is 13.1. The van der Waals surface area contributed by atoms with Crippen molar-refractivity contribution in [1.29, 1.82) is 0 Å². The number of rotatable bonds is 2. The molecule has 4 nitrogen and oxygen atoms in total. The number of nitrogens with zero attached hydrogens (tertiary/aromatic N) is 2. The number of fused-ring (bicyclic) bond motifs is 2. The van der Waals surface area contributed by atoms with Crippen molar-refractivity contribution >= 4 is 11.6 Å². The van der Waals surface area contributed by atoms with E-state index in [1.165, 1.54) is 12.0 Å². The molecule has 1 aliphatic carbocycles. The zero-order valence-corrected chi connectivity index (χ0v) is 14.4. The second-order valence-electron chi connectivity index (χ2n) is 6.73. The van der Waals surface area contributed by atoms with Crippen molar-refractivity contribution in [3.63, 3.8) is 0 Å². The summed E-state index contributed by atoms with van der Waals surface area (Å²) in [6, 6.07) is 11.5. The number of hydrogen-bond donors (Lipinski definition) is 0. The van der Waals surface area contributed by atoms with E-state index in [9.17, 15) is 4.79 Å². The highest BCUT2D eigenvalue weighted by atomic mass is 16.5. The molecule has 2 heterocycles. The molecule has 0 N–H and O–H groups in total. The summed E-state index contributed by atoms with van der Waals surface area (Å²) in [6.07, 6.45) is 10.7. The molecule has 0 saturated carbocycles. The SMILES string of the molecule is COc1cccc2c1N(C(=O)c1ccccn1)CCC21C=CCCC1. The zero-order valence-electron chi connectivity index (χ0n) is 14.4. The van der Waals surface area contributed by atoms with Crippen LogP contribution in [0.3, 0.4) is 0 Å². The molecule has 2 aliphatic rings. The van der Waals surface area contributed by atoms with Crippen LogP contribution in [0.25, 0.3) is 0 Å². The Kier molecular flexibility index (Phi) is 4.04. The molecule has 1 amide bonds. The topological polar surface area (TPSA) is 42.4 Å². The first-order chi connectivity index (χ1) is 12.2. The molecule has 2 aromatic rings. The first kappa shape index (κ1) is 15.9. The van der Waals surface area contributed by atoms with Crippen LogP contribution in [0, 0.1) is 0 Å². The number of amides is 1. The van der Waals surface area contributed by atoms with Crippen LogP contribution in [0.5, 0.6) is 5.75 Å². The van der Waals surface area contributed by atoms with E-state index in [4.69, 9.17) is 4.74 Å². The Balaban J connectivity index is 1.84. The van der Waals surface area contributed by atoms with Crippen LogP contribution in [-0.4, -0.2) is 24.5 Å². The largest absolute Gasteiger partial charge is 0.495 e. The molecule has 1 aliphatic heterocycles. The lowest BCUT2D eigenvalue weighted by atomic mass is 9.68. The van der Waals surface area contributed by atoms with E-state index in [-0.39, 0.29) is 11.3 Å². The molecular weight excluding hydrogens is 312 g/mol. The number of methoxy groups -OCH3 is 1. The highest BCUT2D eigenvalue weighted by Crippen LogP contribution is 2.49. The number of hydrogen-bond acceptors (Lipinski definition) is 3. The van der Waals surface area contributed by atoms with E-state index >= 15 is 0 Å². The van der Waals surface area contributed by atoms with Crippen LogP contribution in [-0.2, 0) is 5.41 Å². The van der Waals surface area contributed by atoms with Gasteiger partial charge in [-0.3, -0.25) is 9.78 Å². The summed E-state index contributed by atoms with van der Waals surface area (Å²) in [6.45, 7) is 0.674. The molecule has 1 aromatic carbocycles. The number of pyridine rings is 1. The molecular formula is C21H22N2O2.